The summed E-state index contributed by atoms with van der Waals surface area (Å²) < 4.78 is 0. The number of anilines is 2. The molecule has 0 atom stereocenters. The summed E-state index contributed by atoms with van der Waals surface area (Å²) in [6.07, 6.45) is 1.28. The van der Waals surface area contributed by atoms with E-state index in [1.807, 2.05) is 30.3 Å². The van der Waals surface area contributed by atoms with Crippen LogP contribution < -0.4 is 11.5 Å². The van der Waals surface area contributed by atoms with Crippen LogP contribution in [0.5, 0.6) is 0 Å². The summed E-state index contributed by atoms with van der Waals surface area (Å²) in [4.78, 5) is 7.57. The summed E-state index contributed by atoms with van der Waals surface area (Å²) in [5.41, 5.74) is 12.2. The highest BCUT2D eigenvalue weighted by Crippen LogP contribution is 2.26. The zero-order chi connectivity index (χ0) is 11.4. The van der Waals surface area contributed by atoms with Gasteiger partial charge in [-0.25, -0.2) is 9.97 Å². The Labute approximate surface area is 92.1 Å². The first-order valence-corrected chi connectivity index (χ1v) is 4.60. The van der Waals surface area contributed by atoms with Gasteiger partial charge >= 0.3 is 0 Å². The van der Waals surface area contributed by atoms with E-state index in [1.54, 1.807) is 0 Å². The fourth-order valence-electron chi connectivity index (χ4n) is 1.11. The van der Waals surface area contributed by atoms with Crippen LogP contribution >= 0.6 is 0 Å². The highest BCUT2D eigenvalue weighted by atomic mass is 15.1. The lowest BCUT2D eigenvalue weighted by Crippen LogP contribution is -1.97. The molecule has 80 valence electrons. The largest absolute Gasteiger partial charge is 0.382 e. The molecule has 0 aliphatic carbocycles. The van der Waals surface area contributed by atoms with Crippen LogP contribution in [0.4, 0.5) is 23.0 Å². The van der Waals surface area contributed by atoms with E-state index in [9.17, 15) is 0 Å². The number of hydrogen-bond acceptors (Lipinski definition) is 6. The van der Waals surface area contributed by atoms with Crippen molar-refractivity contribution in [1.82, 2.24) is 9.97 Å². The second-order valence-corrected chi connectivity index (χ2v) is 3.03. The molecule has 0 saturated heterocycles. The molecule has 6 nitrogen and oxygen atoms in total. The Hall–Kier alpha value is -2.50. The lowest BCUT2D eigenvalue weighted by molar-refractivity contribution is 1.14. The molecule has 2 rings (SSSR count). The molecule has 2 aromatic rings. The molecule has 0 amide bonds. The number of nitrogens with two attached hydrogens (primary N) is 2. The van der Waals surface area contributed by atoms with Crippen molar-refractivity contribution in [3.63, 3.8) is 0 Å². The number of rotatable bonds is 2. The van der Waals surface area contributed by atoms with E-state index in [4.69, 9.17) is 11.5 Å². The van der Waals surface area contributed by atoms with Gasteiger partial charge in [-0.2, -0.15) is 5.11 Å². The summed E-state index contributed by atoms with van der Waals surface area (Å²) in [6.45, 7) is 0. The summed E-state index contributed by atoms with van der Waals surface area (Å²) in [5.74, 6) is 0.430. The van der Waals surface area contributed by atoms with Crippen molar-refractivity contribution in [3.8, 4) is 0 Å². The van der Waals surface area contributed by atoms with Gasteiger partial charge in [-0.3, -0.25) is 0 Å². The van der Waals surface area contributed by atoms with Crippen molar-refractivity contribution in [3.05, 3.63) is 36.7 Å². The predicted molar refractivity (Wildman–Crippen MR) is 61.5 cm³/mol. The first-order chi connectivity index (χ1) is 7.77. The molecule has 0 aliphatic rings. The molecule has 0 radical (unpaired) electrons. The van der Waals surface area contributed by atoms with E-state index < -0.39 is 0 Å². The Kier molecular flexibility index (Phi) is 2.73. The number of azo groups is 1. The molecule has 1 aromatic heterocycles. The van der Waals surface area contributed by atoms with Gasteiger partial charge in [-0.15, -0.1) is 5.11 Å². The highest BCUT2D eigenvalue weighted by molar-refractivity contribution is 5.69. The van der Waals surface area contributed by atoms with Gasteiger partial charge in [0, 0.05) is 0 Å². The summed E-state index contributed by atoms with van der Waals surface area (Å²) in [5, 5.41) is 7.91. The molecule has 16 heavy (non-hydrogen) atoms. The normalized spacial score (nSPS) is 10.8. The van der Waals surface area contributed by atoms with Crippen molar-refractivity contribution in [1.29, 1.82) is 0 Å². The topological polar surface area (TPSA) is 103 Å². The molecule has 6 heteroatoms. The predicted octanol–water partition coefficient (Wildman–Crippen LogP) is 2.06. The number of nitrogens with zero attached hydrogens (tertiary/aromatic N) is 4. The molecule has 4 N–H and O–H groups in total. The minimum absolute atomic E-state index is 0.215. The van der Waals surface area contributed by atoms with E-state index in [0.717, 1.165) is 0 Å². The third kappa shape index (κ3) is 2.11. The van der Waals surface area contributed by atoms with Gasteiger partial charge in [0.2, 0.25) is 0 Å². The van der Waals surface area contributed by atoms with Gasteiger partial charge in [-0.1, -0.05) is 18.2 Å². The molecule has 0 saturated carbocycles. The van der Waals surface area contributed by atoms with Crippen molar-refractivity contribution < 1.29 is 0 Å². The zero-order valence-corrected chi connectivity index (χ0v) is 8.41. The third-order valence-corrected chi connectivity index (χ3v) is 1.90. The molecule has 0 fully saturated rings. The smallest absolute Gasteiger partial charge is 0.170 e. The Morgan fingerprint density at radius 2 is 1.50 bits per heavy atom. The van der Waals surface area contributed by atoms with Gasteiger partial charge < -0.3 is 11.5 Å². The van der Waals surface area contributed by atoms with Gasteiger partial charge in [-0.05, 0) is 12.1 Å². The summed E-state index contributed by atoms with van der Waals surface area (Å²) in [6, 6.07) is 9.26. The summed E-state index contributed by atoms with van der Waals surface area (Å²) in [7, 11) is 0. The van der Waals surface area contributed by atoms with Crippen LogP contribution in [0, 0.1) is 0 Å². The van der Waals surface area contributed by atoms with Crippen molar-refractivity contribution in [2.75, 3.05) is 11.5 Å². The van der Waals surface area contributed by atoms with Gasteiger partial charge in [0.25, 0.3) is 0 Å². The van der Waals surface area contributed by atoms with E-state index in [1.165, 1.54) is 6.33 Å². The van der Waals surface area contributed by atoms with Crippen LogP contribution in [-0.2, 0) is 0 Å². The molecule has 0 spiro atoms. The molecule has 0 bridgehead atoms. The Bertz CT molecular complexity index is 488. The van der Waals surface area contributed by atoms with E-state index in [-0.39, 0.29) is 11.6 Å². The minimum atomic E-state index is 0.215. The number of nitrogen functional groups attached to an aromatic ring is 2. The molecule has 1 heterocycles. The van der Waals surface area contributed by atoms with Crippen LogP contribution in [0.1, 0.15) is 0 Å². The molecule has 0 aliphatic heterocycles. The first-order valence-electron chi connectivity index (χ1n) is 4.60. The number of aromatic nitrogens is 2. The van der Waals surface area contributed by atoms with Crippen LogP contribution in [0.3, 0.4) is 0 Å². The van der Waals surface area contributed by atoms with Crippen LogP contribution in [0.15, 0.2) is 46.9 Å². The maximum atomic E-state index is 5.60. The second-order valence-electron chi connectivity index (χ2n) is 3.03. The third-order valence-electron chi connectivity index (χ3n) is 1.90. The Morgan fingerprint density at radius 3 is 2.12 bits per heavy atom. The van der Waals surface area contributed by atoms with Crippen molar-refractivity contribution in [2.45, 2.75) is 0 Å². The Morgan fingerprint density at radius 1 is 0.875 bits per heavy atom. The molecular formula is C10H10N6. The molecule has 1 aromatic carbocycles. The van der Waals surface area contributed by atoms with Gasteiger partial charge in [0.1, 0.15) is 6.33 Å². The highest BCUT2D eigenvalue weighted by Gasteiger charge is 2.04. The maximum absolute atomic E-state index is 5.60. The summed E-state index contributed by atoms with van der Waals surface area (Å²) >= 11 is 0. The van der Waals surface area contributed by atoms with Gasteiger partial charge in [0.05, 0.1) is 5.69 Å². The first kappa shape index (κ1) is 10.0. The van der Waals surface area contributed by atoms with Crippen molar-refractivity contribution in [2.24, 2.45) is 10.2 Å². The van der Waals surface area contributed by atoms with Crippen molar-refractivity contribution >= 4 is 23.0 Å². The lowest BCUT2D eigenvalue weighted by atomic mass is 10.3. The van der Waals surface area contributed by atoms with E-state index in [2.05, 4.69) is 20.2 Å². The van der Waals surface area contributed by atoms with Crippen LogP contribution in [-0.4, -0.2) is 9.97 Å². The van der Waals surface area contributed by atoms with E-state index >= 15 is 0 Å². The van der Waals surface area contributed by atoms with E-state index in [0.29, 0.717) is 11.4 Å². The average molecular weight is 214 g/mol. The quantitative estimate of drug-likeness (QED) is 0.746. The van der Waals surface area contributed by atoms with Crippen LogP contribution in [0.2, 0.25) is 0 Å². The number of hydrogen-bond donors (Lipinski definition) is 2. The second kappa shape index (κ2) is 4.35. The SMILES string of the molecule is Nc1ncnc(N)c1/N=N/c1ccccc1. The molecule has 0 unspecified atom stereocenters. The Balaban J connectivity index is 2.31. The fourth-order valence-corrected chi connectivity index (χ4v) is 1.11. The molecular weight excluding hydrogens is 204 g/mol. The number of benzene rings is 1. The lowest BCUT2D eigenvalue weighted by Gasteiger charge is -1.99. The monoisotopic (exact) mass is 214 g/mol. The van der Waals surface area contributed by atoms with Crippen LogP contribution in [0.25, 0.3) is 0 Å². The maximum Gasteiger partial charge on any atom is 0.170 e. The average Bonchev–Trinajstić information content (AvgIpc) is 2.30. The fraction of sp³-hybridized carbons (Fsp3) is 0. The van der Waals surface area contributed by atoms with Gasteiger partial charge in [0.15, 0.2) is 17.3 Å². The standard InChI is InChI=1S/C10H10N6/c11-9-8(10(12)14-6-13-9)16-15-7-4-2-1-3-5-7/h1-6H,(H4,11,12,13,14)/b16-15+. The zero-order valence-electron chi connectivity index (χ0n) is 8.41. The minimum Gasteiger partial charge on any atom is -0.382 e.